The van der Waals surface area contributed by atoms with E-state index in [1.807, 2.05) is 78.9 Å². The zero-order valence-corrected chi connectivity index (χ0v) is 29.9. The molecular formula is C42H33Cl3N6. The van der Waals surface area contributed by atoms with E-state index in [9.17, 15) is 5.26 Å². The van der Waals surface area contributed by atoms with Gasteiger partial charge in [0.2, 0.25) is 0 Å². The number of nitrogens with two attached hydrogens (primary N) is 1. The van der Waals surface area contributed by atoms with Crippen molar-refractivity contribution >= 4 is 52.0 Å². The van der Waals surface area contributed by atoms with E-state index in [2.05, 4.69) is 45.6 Å². The first kappa shape index (κ1) is 35.5. The molecule has 2 aromatic heterocycles. The van der Waals surface area contributed by atoms with Gasteiger partial charge in [0.1, 0.15) is 33.4 Å². The molecule has 6 nitrogen and oxygen atoms in total. The minimum Gasteiger partial charge on any atom is -0.398 e. The molecule has 8 rings (SSSR count). The smallest absolute Gasteiger partial charge is 0.149 e. The quantitative estimate of drug-likeness (QED) is 0.138. The lowest BCUT2D eigenvalue weighted by molar-refractivity contribution is 0.912. The molecule has 2 aliphatic rings. The van der Waals surface area contributed by atoms with Crippen molar-refractivity contribution in [2.75, 3.05) is 11.1 Å². The molecule has 0 saturated carbocycles. The van der Waals surface area contributed by atoms with Crippen LogP contribution in [0.5, 0.6) is 0 Å². The summed E-state index contributed by atoms with van der Waals surface area (Å²) in [7, 11) is 0. The Morgan fingerprint density at radius 3 is 1.71 bits per heavy atom. The van der Waals surface area contributed by atoms with Crippen LogP contribution in [0.3, 0.4) is 0 Å². The van der Waals surface area contributed by atoms with Crippen molar-refractivity contribution in [3.05, 3.63) is 158 Å². The number of anilines is 3. The lowest BCUT2D eigenvalue weighted by Gasteiger charge is -2.15. The highest BCUT2D eigenvalue weighted by atomic mass is 35.5. The first-order valence-corrected chi connectivity index (χ1v) is 17.7. The van der Waals surface area contributed by atoms with E-state index in [4.69, 9.17) is 45.8 Å². The van der Waals surface area contributed by atoms with Crippen LogP contribution in [0.1, 0.15) is 46.2 Å². The molecule has 0 atom stereocenters. The van der Waals surface area contributed by atoms with E-state index >= 15 is 0 Å². The number of nitrogens with zero attached hydrogens (tertiary/aromatic N) is 4. The lowest BCUT2D eigenvalue weighted by Crippen LogP contribution is -2.01. The van der Waals surface area contributed by atoms with Crippen molar-refractivity contribution in [1.82, 2.24) is 9.97 Å². The Hall–Kier alpha value is -5.37. The predicted molar refractivity (Wildman–Crippen MR) is 208 cm³/mol. The molecule has 0 amide bonds. The van der Waals surface area contributed by atoms with Gasteiger partial charge in [0.05, 0.1) is 11.1 Å². The molecule has 252 valence electrons. The van der Waals surface area contributed by atoms with E-state index in [1.54, 1.807) is 12.1 Å². The number of hydrogen-bond acceptors (Lipinski definition) is 6. The molecule has 51 heavy (non-hydrogen) atoms. The highest BCUT2D eigenvalue weighted by Crippen LogP contribution is 2.36. The summed E-state index contributed by atoms with van der Waals surface area (Å²) >= 11 is 18.0. The van der Waals surface area contributed by atoms with Crippen molar-refractivity contribution in [3.63, 3.8) is 0 Å². The average molecular weight is 728 g/mol. The summed E-state index contributed by atoms with van der Waals surface area (Å²) in [6.45, 7) is 0. The fourth-order valence-electron chi connectivity index (χ4n) is 6.38. The molecule has 2 heterocycles. The first-order chi connectivity index (χ1) is 24.9. The molecule has 0 spiro atoms. The predicted octanol–water partition coefficient (Wildman–Crippen LogP) is 11.2. The van der Waals surface area contributed by atoms with E-state index < -0.39 is 0 Å². The summed E-state index contributed by atoms with van der Waals surface area (Å²) < 4.78 is 0. The summed E-state index contributed by atoms with van der Waals surface area (Å²) in [5.41, 5.74) is 17.6. The van der Waals surface area contributed by atoms with Crippen LogP contribution < -0.4 is 11.1 Å². The van der Waals surface area contributed by atoms with Crippen molar-refractivity contribution in [1.29, 1.82) is 10.5 Å². The third-order valence-corrected chi connectivity index (χ3v) is 9.76. The Balaban J connectivity index is 0.000000146. The van der Waals surface area contributed by atoms with Crippen LogP contribution in [0, 0.1) is 22.7 Å². The second kappa shape index (κ2) is 16.6. The van der Waals surface area contributed by atoms with Gasteiger partial charge in [-0.15, -0.1) is 0 Å². The maximum Gasteiger partial charge on any atom is 0.149 e. The van der Waals surface area contributed by atoms with Crippen LogP contribution in [0.15, 0.2) is 109 Å². The van der Waals surface area contributed by atoms with Gasteiger partial charge in [0.25, 0.3) is 0 Å². The Morgan fingerprint density at radius 2 is 1.10 bits per heavy atom. The number of benzene rings is 4. The van der Waals surface area contributed by atoms with Crippen molar-refractivity contribution < 1.29 is 0 Å². The summed E-state index contributed by atoms with van der Waals surface area (Å²) in [5, 5.41) is 22.3. The lowest BCUT2D eigenvalue weighted by atomic mass is 10.0. The number of fused-ring (bicyclic) bond motifs is 2. The Bertz CT molecular complexity index is 2260. The number of aryl methyl sites for hydroxylation is 2. The zero-order chi connectivity index (χ0) is 35.7. The zero-order valence-electron chi connectivity index (χ0n) is 27.6. The molecule has 0 radical (unpaired) electrons. The summed E-state index contributed by atoms with van der Waals surface area (Å²) in [6.07, 6.45) is 7.06. The minimum absolute atomic E-state index is 0.132. The van der Waals surface area contributed by atoms with Gasteiger partial charge in [0.15, 0.2) is 0 Å². The third-order valence-electron chi connectivity index (χ3n) is 8.90. The van der Waals surface area contributed by atoms with Crippen LogP contribution in [0.2, 0.25) is 15.5 Å². The average Bonchev–Trinajstić information content (AvgIpc) is 3.85. The number of nitrogen functional groups attached to an aromatic ring is 1. The summed E-state index contributed by atoms with van der Waals surface area (Å²) in [6, 6.07) is 39.5. The summed E-state index contributed by atoms with van der Waals surface area (Å²) in [5.74, 6) is 0.676. The molecule has 6 aromatic rings. The molecule has 0 saturated heterocycles. The molecule has 3 N–H and O–H groups in total. The first-order valence-electron chi connectivity index (χ1n) is 16.6. The van der Waals surface area contributed by atoms with Gasteiger partial charge in [-0.1, -0.05) is 120 Å². The van der Waals surface area contributed by atoms with Crippen molar-refractivity contribution in [2.45, 2.75) is 38.5 Å². The molecular weight excluding hydrogens is 695 g/mol. The van der Waals surface area contributed by atoms with E-state index in [0.29, 0.717) is 27.7 Å². The van der Waals surface area contributed by atoms with Gasteiger partial charge in [-0.25, -0.2) is 9.97 Å². The van der Waals surface area contributed by atoms with Crippen LogP contribution in [0.4, 0.5) is 17.2 Å². The van der Waals surface area contributed by atoms with Crippen LogP contribution in [-0.4, -0.2) is 9.97 Å². The standard InChI is InChI=1S/C21H16ClN3.C12H6Cl2N2.C9H11N/c22-20-16(13-23)12-18(15-6-2-1-3-7-15)21(25-20)24-19-11-5-9-14-8-4-10-17(14)19;13-11-9(7-15)6-10(12(14)16-11)8-4-2-1-3-5-8;10-9-6-2-4-7-3-1-5-8(7)9/h1-3,5-7,9,11-12H,4,8,10H2,(H,24,25);1-6H;2,4,6H,1,3,5,10H2. The molecule has 0 unspecified atom stereocenters. The maximum absolute atomic E-state index is 9.30. The van der Waals surface area contributed by atoms with Crippen LogP contribution >= 0.6 is 34.8 Å². The highest BCUT2D eigenvalue weighted by Gasteiger charge is 2.18. The molecule has 9 heteroatoms. The van der Waals surface area contributed by atoms with Crippen LogP contribution in [-0.2, 0) is 25.7 Å². The fourth-order valence-corrected chi connectivity index (χ4v) is 7.04. The second-order valence-electron chi connectivity index (χ2n) is 12.1. The van der Waals surface area contributed by atoms with Gasteiger partial charge in [-0.3, -0.25) is 0 Å². The third kappa shape index (κ3) is 8.34. The number of hydrogen-bond donors (Lipinski definition) is 2. The Morgan fingerprint density at radius 1 is 0.569 bits per heavy atom. The van der Waals surface area contributed by atoms with Crippen molar-refractivity contribution in [2.24, 2.45) is 0 Å². The molecule has 0 bridgehead atoms. The highest BCUT2D eigenvalue weighted by molar-refractivity contribution is 6.34. The Kier molecular flexibility index (Phi) is 11.5. The van der Waals surface area contributed by atoms with Gasteiger partial charge < -0.3 is 11.1 Å². The number of nitriles is 2. The van der Waals surface area contributed by atoms with Gasteiger partial charge in [-0.05, 0) is 96.2 Å². The van der Waals surface area contributed by atoms with Crippen LogP contribution in [0.25, 0.3) is 22.3 Å². The number of nitrogens with one attached hydrogen (secondary N) is 1. The molecule has 0 fully saturated rings. The number of rotatable bonds is 4. The number of halogens is 3. The molecule has 0 aliphatic heterocycles. The maximum atomic E-state index is 9.30. The monoisotopic (exact) mass is 726 g/mol. The van der Waals surface area contributed by atoms with Gasteiger partial charge in [0, 0.05) is 22.5 Å². The van der Waals surface area contributed by atoms with E-state index in [0.717, 1.165) is 40.9 Å². The minimum atomic E-state index is 0.132. The summed E-state index contributed by atoms with van der Waals surface area (Å²) in [4.78, 5) is 8.40. The van der Waals surface area contributed by atoms with Crippen molar-refractivity contribution in [3.8, 4) is 34.4 Å². The largest absolute Gasteiger partial charge is 0.398 e. The Labute approximate surface area is 313 Å². The van der Waals surface area contributed by atoms with Gasteiger partial charge in [-0.2, -0.15) is 10.5 Å². The normalized spacial score (nSPS) is 12.2. The van der Waals surface area contributed by atoms with Gasteiger partial charge >= 0.3 is 0 Å². The molecule has 4 aromatic carbocycles. The number of pyridine rings is 2. The topological polar surface area (TPSA) is 111 Å². The molecule has 2 aliphatic carbocycles. The fraction of sp³-hybridized carbons (Fsp3) is 0.143. The SMILES string of the molecule is N#Cc1cc(-c2ccccc2)c(Cl)nc1Cl.N#Cc1cc(-c2ccccc2)c(Nc2cccc3c2CCC3)nc1Cl.Nc1cccc2c1CCC2. The second-order valence-corrected chi connectivity index (χ2v) is 13.2. The number of aromatic nitrogens is 2. The van der Waals surface area contributed by atoms with E-state index in [-0.39, 0.29) is 10.3 Å². The van der Waals surface area contributed by atoms with E-state index in [1.165, 1.54) is 47.9 Å².